The van der Waals surface area contributed by atoms with Gasteiger partial charge < -0.3 is 5.32 Å². The molecule has 2 atom stereocenters. The van der Waals surface area contributed by atoms with Gasteiger partial charge in [0, 0.05) is 17.7 Å². The van der Waals surface area contributed by atoms with Gasteiger partial charge in [0.25, 0.3) is 5.69 Å². The number of hydrogen-bond acceptors (Lipinski definition) is 3. The summed E-state index contributed by atoms with van der Waals surface area (Å²) in [6.07, 6.45) is -0.153. The maximum Gasteiger partial charge on any atom is 0.269 e. The van der Waals surface area contributed by atoms with Crippen LogP contribution >= 0.6 is 12.2 Å². The molecule has 4 nitrogen and oxygen atoms in total. The van der Waals surface area contributed by atoms with Gasteiger partial charge >= 0.3 is 0 Å². The van der Waals surface area contributed by atoms with Gasteiger partial charge in [-0.1, -0.05) is 12.2 Å². The predicted octanol–water partition coefficient (Wildman–Crippen LogP) is 3.34. The van der Waals surface area contributed by atoms with E-state index < -0.39 is 28.6 Å². The molecule has 1 heterocycles. The first-order chi connectivity index (χ1) is 9.72. The minimum absolute atomic E-state index is 0.0139. The molecule has 1 aromatic carbocycles. The Labute approximate surface area is 124 Å². The Bertz CT molecular complexity index is 613. The molecule has 0 saturated carbocycles. The Hall–Kier alpha value is -1.70. The second-order valence-corrected chi connectivity index (χ2v) is 5.71. The fourth-order valence-corrected chi connectivity index (χ4v) is 2.75. The van der Waals surface area contributed by atoms with Crippen molar-refractivity contribution < 1.29 is 18.1 Å². The van der Waals surface area contributed by atoms with Crippen molar-refractivity contribution in [1.82, 2.24) is 5.32 Å². The van der Waals surface area contributed by atoms with Crippen LogP contribution in [-0.2, 0) is 5.54 Å². The van der Waals surface area contributed by atoms with E-state index in [1.807, 2.05) is 0 Å². The fourth-order valence-electron chi connectivity index (χ4n) is 2.37. The Morgan fingerprint density at radius 3 is 2.67 bits per heavy atom. The summed E-state index contributed by atoms with van der Waals surface area (Å²) in [7, 11) is 0. The number of nitro benzene ring substituents is 1. The van der Waals surface area contributed by atoms with Gasteiger partial charge in [-0.3, -0.25) is 10.1 Å². The number of non-ortho nitro benzene ring substituents is 1. The van der Waals surface area contributed by atoms with Gasteiger partial charge in [-0.25, -0.2) is 13.2 Å². The Morgan fingerprint density at radius 2 is 2.14 bits per heavy atom. The smallest absolute Gasteiger partial charge is 0.269 e. The number of alkyl halides is 2. The summed E-state index contributed by atoms with van der Waals surface area (Å²) in [5, 5.41) is 13.4. The van der Waals surface area contributed by atoms with Crippen LogP contribution in [0.3, 0.4) is 0 Å². The van der Waals surface area contributed by atoms with Crippen molar-refractivity contribution in [2.75, 3.05) is 6.67 Å². The van der Waals surface area contributed by atoms with Crippen molar-refractivity contribution in [2.24, 2.45) is 0 Å². The first-order valence-corrected chi connectivity index (χ1v) is 6.65. The summed E-state index contributed by atoms with van der Waals surface area (Å²) < 4.78 is 40.8. The molecule has 1 aromatic rings. The van der Waals surface area contributed by atoms with Crippen molar-refractivity contribution in [1.29, 1.82) is 0 Å². The third-order valence-corrected chi connectivity index (χ3v) is 4.25. The highest BCUT2D eigenvalue weighted by Crippen LogP contribution is 2.38. The molecule has 8 heteroatoms. The normalized spacial score (nSPS) is 29.0. The molecule has 0 aliphatic carbocycles. The van der Waals surface area contributed by atoms with Crippen LogP contribution in [0.25, 0.3) is 0 Å². The predicted molar refractivity (Wildman–Crippen MR) is 75.2 cm³/mol. The number of nitrogens with zero attached hydrogens (tertiary/aromatic N) is 1. The van der Waals surface area contributed by atoms with Crippen LogP contribution in [-0.4, -0.2) is 22.3 Å². The number of benzene rings is 1. The number of rotatable bonds is 3. The van der Waals surface area contributed by atoms with Crippen LogP contribution in [0.2, 0.25) is 0 Å². The average molecular weight is 318 g/mol. The van der Waals surface area contributed by atoms with E-state index in [9.17, 15) is 23.3 Å². The summed E-state index contributed by atoms with van der Waals surface area (Å²) in [4.78, 5) is 9.81. The van der Waals surface area contributed by atoms with E-state index in [2.05, 4.69) is 5.32 Å². The number of halogens is 3. The van der Waals surface area contributed by atoms with E-state index in [1.54, 1.807) is 6.92 Å². The number of nitro groups is 1. The zero-order valence-electron chi connectivity index (χ0n) is 11.2. The highest BCUT2D eigenvalue weighted by atomic mass is 32.1. The second-order valence-electron chi connectivity index (χ2n) is 5.31. The van der Waals surface area contributed by atoms with Crippen LogP contribution in [0.15, 0.2) is 18.2 Å². The molecule has 0 radical (unpaired) electrons. The first-order valence-electron chi connectivity index (χ1n) is 6.24. The molecule has 0 bridgehead atoms. The molecular weight excluding hydrogens is 305 g/mol. The minimum Gasteiger partial charge on any atom is -0.368 e. The zero-order chi connectivity index (χ0) is 15.8. The average Bonchev–Trinajstić information content (AvgIpc) is 2.43. The van der Waals surface area contributed by atoms with E-state index in [4.69, 9.17) is 12.2 Å². The van der Waals surface area contributed by atoms with Crippen LogP contribution in [0.5, 0.6) is 0 Å². The largest absolute Gasteiger partial charge is 0.368 e. The van der Waals surface area contributed by atoms with Crippen molar-refractivity contribution in [3.05, 3.63) is 39.7 Å². The lowest BCUT2D eigenvalue weighted by Crippen LogP contribution is -2.57. The Kier molecular flexibility index (Phi) is 3.92. The van der Waals surface area contributed by atoms with Crippen LogP contribution in [0.4, 0.5) is 18.9 Å². The maximum atomic E-state index is 14.1. The Balaban J connectivity index is 2.40. The van der Waals surface area contributed by atoms with Crippen LogP contribution in [0.1, 0.15) is 25.3 Å². The van der Waals surface area contributed by atoms with Crippen molar-refractivity contribution >= 4 is 22.9 Å². The van der Waals surface area contributed by atoms with Crippen LogP contribution in [0, 0.1) is 15.9 Å². The van der Waals surface area contributed by atoms with Gasteiger partial charge in [0.05, 0.1) is 10.5 Å². The lowest BCUT2D eigenvalue weighted by molar-refractivity contribution is -0.385. The topological polar surface area (TPSA) is 55.2 Å². The number of nitrogens with one attached hydrogen (secondary N) is 1. The SMILES string of the molecule is CC1(c2cc([N+](=O)[O-])ccc2F)CCC(F)(CF)C(=S)N1. The van der Waals surface area contributed by atoms with Gasteiger partial charge in [-0.05, 0) is 25.8 Å². The van der Waals surface area contributed by atoms with Gasteiger partial charge in [0.15, 0.2) is 5.67 Å². The highest BCUT2D eigenvalue weighted by molar-refractivity contribution is 7.80. The molecular formula is C13H13F3N2O2S. The molecule has 0 spiro atoms. The molecule has 1 N–H and O–H groups in total. The minimum atomic E-state index is -2.26. The third kappa shape index (κ3) is 2.72. The third-order valence-electron chi connectivity index (χ3n) is 3.78. The molecule has 1 aliphatic heterocycles. The van der Waals surface area contributed by atoms with E-state index in [0.717, 1.165) is 18.2 Å². The van der Waals surface area contributed by atoms with E-state index in [-0.39, 0.29) is 29.1 Å². The van der Waals surface area contributed by atoms with Gasteiger partial charge in [-0.2, -0.15) is 0 Å². The molecule has 1 aliphatic rings. The lowest BCUT2D eigenvalue weighted by Gasteiger charge is -2.42. The summed E-state index contributed by atoms with van der Waals surface area (Å²) in [5.41, 5.74) is -3.63. The standard InChI is InChI=1S/C13H13F3N2O2S/c1-12(4-5-13(16,7-14)11(21)17-12)9-6-8(18(19)20)2-3-10(9)15/h2-3,6H,4-5,7H2,1H3,(H,17,21). The van der Waals surface area contributed by atoms with Crippen LogP contribution < -0.4 is 5.32 Å². The quantitative estimate of drug-likeness (QED) is 0.527. The number of hydrogen-bond donors (Lipinski definition) is 1. The molecule has 2 unspecified atom stereocenters. The Morgan fingerprint density at radius 1 is 1.48 bits per heavy atom. The zero-order valence-corrected chi connectivity index (χ0v) is 12.0. The maximum absolute atomic E-state index is 14.1. The van der Waals surface area contributed by atoms with Gasteiger partial charge in [0.2, 0.25) is 0 Å². The van der Waals surface area contributed by atoms with Crippen molar-refractivity contribution in [3.8, 4) is 0 Å². The monoisotopic (exact) mass is 318 g/mol. The van der Waals surface area contributed by atoms with Crippen molar-refractivity contribution in [2.45, 2.75) is 31.0 Å². The molecule has 0 amide bonds. The van der Waals surface area contributed by atoms with Gasteiger partial charge in [0.1, 0.15) is 17.5 Å². The van der Waals surface area contributed by atoms with E-state index in [1.165, 1.54) is 0 Å². The summed E-state index contributed by atoms with van der Waals surface area (Å²) >= 11 is 4.83. The molecule has 1 fully saturated rings. The molecule has 2 rings (SSSR count). The van der Waals surface area contributed by atoms with Gasteiger partial charge in [-0.15, -0.1) is 0 Å². The summed E-state index contributed by atoms with van der Waals surface area (Å²) in [6, 6.07) is 3.12. The molecule has 21 heavy (non-hydrogen) atoms. The number of thiocarbonyl (C=S) groups is 1. The molecule has 0 aromatic heterocycles. The summed E-state index contributed by atoms with van der Waals surface area (Å²) in [6.45, 7) is 0.297. The first kappa shape index (κ1) is 15.7. The molecule has 114 valence electrons. The molecule has 1 saturated heterocycles. The number of piperidine rings is 1. The summed E-state index contributed by atoms with van der Waals surface area (Å²) in [5.74, 6) is -0.662. The highest BCUT2D eigenvalue weighted by Gasteiger charge is 2.46. The van der Waals surface area contributed by atoms with E-state index in [0.29, 0.717) is 0 Å². The fraction of sp³-hybridized carbons (Fsp3) is 0.462. The van der Waals surface area contributed by atoms with E-state index >= 15 is 0 Å². The lowest BCUT2D eigenvalue weighted by atomic mass is 9.79. The second kappa shape index (κ2) is 5.25. The van der Waals surface area contributed by atoms with Crippen molar-refractivity contribution in [3.63, 3.8) is 0 Å².